The molecule has 1 heterocycles. The lowest BCUT2D eigenvalue weighted by molar-refractivity contribution is 0.0628. The summed E-state index contributed by atoms with van der Waals surface area (Å²) in [4.78, 5) is 18.0. The van der Waals surface area contributed by atoms with E-state index in [9.17, 15) is 4.79 Å². The second kappa shape index (κ2) is 6.96. The SMILES string of the molecule is CCNc1ccnc(C(=O)N(C)C(C)COC)c1. The summed E-state index contributed by atoms with van der Waals surface area (Å²) in [6, 6.07) is 3.63. The number of nitrogens with one attached hydrogen (secondary N) is 1. The van der Waals surface area contributed by atoms with Crippen LogP contribution in [0.25, 0.3) is 0 Å². The highest BCUT2D eigenvalue weighted by Crippen LogP contribution is 2.10. The van der Waals surface area contributed by atoms with Gasteiger partial charge < -0.3 is 15.0 Å². The number of pyridine rings is 1. The number of methoxy groups -OCH3 is 1. The van der Waals surface area contributed by atoms with Crippen molar-refractivity contribution in [1.82, 2.24) is 9.88 Å². The van der Waals surface area contributed by atoms with Gasteiger partial charge in [0.15, 0.2) is 0 Å². The number of aromatic nitrogens is 1. The van der Waals surface area contributed by atoms with Crippen molar-refractivity contribution in [3.8, 4) is 0 Å². The molecule has 0 saturated heterocycles. The van der Waals surface area contributed by atoms with E-state index in [-0.39, 0.29) is 11.9 Å². The number of carbonyl (C=O) groups is 1. The fourth-order valence-electron chi connectivity index (χ4n) is 1.60. The van der Waals surface area contributed by atoms with E-state index in [1.54, 1.807) is 31.3 Å². The lowest BCUT2D eigenvalue weighted by atomic mass is 10.2. The van der Waals surface area contributed by atoms with Gasteiger partial charge in [-0.2, -0.15) is 0 Å². The second-order valence-electron chi connectivity index (χ2n) is 4.18. The molecule has 1 unspecified atom stereocenters. The fourth-order valence-corrected chi connectivity index (χ4v) is 1.60. The Labute approximate surface area is 108 Å². The van der Waals surface area contributed by atoms with Crippen LogP contribution in [0.3, 0.4) is 0 Å². The molecule has 1 amide bonds. The van der Waals surface area contributed by atoms with Crippen LogP contribution in [0.4, 0.5) is 5.69 Å². The van der Waals surface area contributed by atoms with Crippen LogP contribution in [0.1, 0.15) is 24.3 Å². The van der Waals surface area contributed by atoms with E-state index in [1.807, 2.05) is 19.9 Å². The van der Waals surface area contributed by atoms with Gasteiger partial charge >= 0.3 is 0 Å². The summed E-state index contributed by atoms with van der Waals surface area (Å²) >= 11 is 0. The van der Waals surface area contributed by atoms with E-state index < -0.39 is 0 Å². The molecule has 1 rings (SSSR count). The molecule has 0 radical (unpaired) electrons. The minimum Gasteiger partial charge on any atom is -0.385 e. The standard InChI is InChI=1S/C13H21N3O2/c1-5-14-11-6-7-15-12(8-11)13(17)16(3)10(2)9-18-4/h6-8,10H,5,9H2,1-4H3,(H,14,15). The molecule has 1 aromatic rings. The highest BCUT2D eigenvalue weighted by Gasteiger charge is 2.18. The largest absolute Gasteiger partial charge is 0.385 e. The van der Waals surface area contributed by atoms with Gasteiger partial charge in [-0.05, 0) is 26.0 Å². The molecule has 5 nitrogen and oxygen atoms in total. The van der Waals surface area contributed by atoms with Gasteiger partial charge in [-0.1, -0.05) is 0 Å². The third kappa shape index (κ3) is 3.70. The average molecular weight is 251 g/mol. The molecule has 0 aliphatic heterocycles. The highest BCUT2D eigenvalue weighted by molar-refractivity contribution is 5.93. The van der Waals surface area contributed by atoms with Crippen LogP contribution in [-0.4, -0.2) is 49.1 Å². The Morgan fingerprint density at radius 2 is 2.33 bits per heavy atom. The van der Waals surface area contributed by atoms with Crippen LogP contribution in [0.5, 0.6) is 0 Å². The lowest BCUT2D eigenvalue weighted by Crippen LogP contribution is -2.38. The van der Waals surface area contributed by atoms with Crippen LogP contribution in [0.15, 0.2) is 18.3 Å². The zero-order chi connectivity index (χ0) is 13.5. The quantitative estimate of drug-likeness (QED) is 0.834. The lowest BCUT2D eigenvalue weighted by Gasteiger charge is -2.24. The Morgan fingerprint density at radius 1 is 1.61 bits per heavy atom. The van der Waals surface area contributed by atoms with Crippen LogP contribution >= 0.6 is 0 Å². The number of rotatable bonds is 6. The van der Waals surface area contributed by atoms with E-state index in [0.29, 0.717) is 12.3 Å². The first-order valence-electron chi connectivity index (χ1n) is 6.06. The van der Waals surface area contributed by atoms with Crippen molar-refractivity contribution in [3.63, 3.8) is 0 Å². The molecular weight excluding hydrogens is 230 g/mol. The van der Waals surface area contributed by atoms with Gasteiger partial charge in [0.2, 0.25) is 0 Å². The van der Waals surface area contributed by atoms with Crippen molar-refractivity contribution in [2.45, 2.75) is 19.9 Å². The summed E-state index contributed by atoms with van der Waals surface area (Å²) in [7, 11) is 3.38. The van der Waals surface area contributed by atoms with Gasteiger partial charge in [0.05, 0.1) is 12.6 Å². The zero-order valence-electron chi connectivity index (χ0n) is 11.4. The zero-order valence-corrected chi connectivity index (χ0v) is 11.4. The molecule has 0 aliphatic rings. The molecule has 1 aromatic heterocycles. The molecule has 0 spiro atoms. The summed E-state index contributed by atoms with van der Waals surface area (Å²) in [5, 5.41) is 3.16. The highest BCUT2D eigenvalue weighted by atomic mass is 16.5. The van der Waals surface area contributed by atoms with Crippen molar-refractivity contribution in [3.05, 3.63) is 24.0 Å². The predicted molar refractivity (Wildman–Crippen MR) is 71.8 cm³/mol. The third-order valence-corrected chi connectivity index (χ3v) is 2.75. The molecule has 1 atom stereocenters. The first kappa shape index (κ1) is 14.4. The molecular formula is C13H21N3O2. The molecule has 1 N–H and O–H groups in total. The van der Waals surface area contributed by atoms with Gasteiger partial charge in [0.25, 0.3) is 5.91 Å². The van der Waals surface area contributed by atoms with Crippen LogP contribution < -0.4 is 5.32 Å². The Kier molecular flexibility index (Phi) is 5.58. The van der Waals surface area contributed by atoms with Crippen LogP contribution in [0.2, 0.25) is 0 Å². The first-order valence-corrected chi connectivity index (χ1v) is 6.06. The van der Waals surface area contributed by atoms with Crippen LogP contribution in [0, 0.1) is 0 Å². The van der Waals surface area contributed by atoms with Crippen molar-refractivity contribution in [2.24, 2.45) is 0 Å². The number of carbonyl (C=O) groups excluding carboxylic acids is 1. The molecule has 0 fully saturated rings. The number of nitrogens with zero attached hydrogens (tertiary/aromatic N) is 2. The monoisotopic (exact) mass is 251 g/mol. The Morgan fingerprint density at radius 3 is 2.94 bits per heavy atom. The summed E-state index contributed by atoms with van der Waals surface area (Å²) < 4.78 is 5.05. The Bertz CT molecular complexity index is 396. The second-order valence-corrected chi connectivity index (χ2v) is 4.18. The van der Waals surface area contributed by atoms with Crippen molar-refractivity contribution in [1.29, 1.82) is 0 Å². The number of anilines is 1. The van der Waals surface area contributed by atoms with E-state index in [4.69, 9.17) is 4.74 Å². The van der Waals surface area contributed by atoms with Crippen LogP contribution in [-0.2, 0) is 4.74 Å². The van der Waals surface area contributed by atoms with Crippen molar-refractivity contribution < 1.29 is 9.53 Å². The average Bonchev–Trinajstić information content (AvgIpc) is 2.38. The van der Waals surface area contributed by atoms with Gasteiger partial charge in [-0.3, -0.25) is 9.78 Å². The fraction of sp³-hybridized carbons (Fsp3) is 0.538. The van der Waals surface area contributed by atoms with Gasteiger partial charge in [0.1, 0.15) is 5.69 Å². The number of hydrogen-bond acceptors (Lipinski definition) is 4. The molecule has 0 bridgehead atoms. The van der Waals surface area contributed by atoms with E-state index in [0.717, 1.165) is 12.2 Å². The number of ether oxygens (including phenoxy) is 1. The maximum Gasteiger partial charge on any atom is 0.272 e. The smallest absolute Gasteiger partial charge is 0.272 e. The van der Waals surface area contributed by atoms with E-state index in [1.165, 1.54) is 0 Å². The molecule has 5 heteroatoms. The Balaban J connectivity index is 2.79. The molecule has 100 valence electrons. The number of likely N-dealkylation sites (N-methyl/N-ethyl adjacent to an activating group) is 1. The molecule has 18 heavy (non-hydrogen) atoms. The maximum absolute atomic E-state index is 12.2. The van der Waals surface area contributed by atoms with E-state index >= 15 is 0 Å². The minimum absolute atomic E-state index is 0.0205. The van der Waals surface area contributed by atoms with Crippen molar-refractivity contribution in [2.75, 3.05) is 32.6 Å². The third-order valence-electron chi connectivity index (χ3n) is 2.75. The topological polar surface area (TPSA) is 54.5 Å². The Hall–Kier alpha value is -1.62. The number of hydrogen-bond donors (Lipinski definition) is 1. The molecule has 0 saturated carbocycles. The van der Waals surface area contributed by atoms with Gasteiger partial charge in [-0.15, -0.1) is 0 Å². The summed E-state index contributed by atoms with van der Waals surface area (Å²) in [6.07, 6.45) is 1.64. The molecule has 0 aromatic carbocycles. The predicted octanol–water partition coefficient (Wildman–Crippen LogP) is 1.62. The van der Waals surface area contributed by atoms with Gasteiger partial charge in [-0.25, -0.2) is 0 Å². The normalized spacial score (nSPS) is 12.0. The summed E-state index contributed by atoms with van der Waals surface area (Å²) in [6.45, 7) is 5.27. The summed E-state index contributed by atoms with van der Waals surface area (Å²) in [5.74, 6) is -0.0979. The minimum atomic E-state index is -0.0979. The van der Waals surface area contributed by atoms with E-state index in [2.05, 4.69) is 10.3 Å². The van der Waals surface area contributed by atoms with Gasteiger partial charge in [0, 0.05) is 32.6 Å². The molecule has 0 aliphatic carbocycles. The number of amides is 1. The van der Waals surface area contributed by atoms with Crippen molar-refractivity contribution >= 4 is 11.6 Å². The maximum atomic E-state index is 12.2. The first-order chi connectivity index (χ1) is 8.60. The summed E-state index contributed by atoms with van der Waals surface area (Å²) in [5.41, 5.74) is 1.35.